The number of aromatic nitrogens is 2. The first kappa shape index (κ1) is 10.8. The zero-order valence-electron chi connectivity index (χ0n) is 9.85. The van der Waals surface area contributed by atoms with Crippen molar-refractivity contribution in [1.29, 1.82) is 0 Å². The average molecular weight is 238 g/mol. The first-order chi connectivity index (χ1) is 8.78. The number of H-pyrrole nitrogens is 1. The molecule has 4 nitrogen and oxygen atoms in total. The van der Waals surface area contributed by atoms with E-state index in [2.05, 4.69) is 28.4 Å². The summed E-state index contributed by atoms with van der Waals surface area (Å²) in [7, 11) is 0. The van der Waals surface area contributed by atoms with E-state index in [0.29, 0.717) is 12.4 Å². The van der Waals surface area contributed by atoms with Crippen molar-refractivity contribution in [2.45, 2.75) is 6.54 Å². The van der Waals surface area contributed by atoms with E-state index in [9.17, 15) is 0 Å². The molecule has 1 heterocycles. The van der Waals surface area contributed by atoms with Crippen molar-refractivity contribution in [3.05, 3.63) is 48.0 Å². The van der Waals surface area contributed by atoms with Gasteiger partial charge in [-0.15, -0.1) is 0 Å². The van der Waals surface area contributed by atoms with Gasteiger partial charge in [-0.25, -0.2) is 0 Å². The Balaban J connectivity index is 2.07. The van der Waals surface area contributed by atoms with Gasteiger partial charge in [-0.2, -0.15) is 5.10 Å². The highest BCUT2D eigenvalue weighted by atomic mass is 15.1. The van der Waals surface area contributed by atoms with Crippen LogP contribution in [0.4, 0.5) is 5.82 Å². The Morgan fingerprint density at radius 2 is 1.72 bits per heavy atom. The first-order valence-electron chi connectivity index (χ1n) is 5.81. The van der Waals surface area contributed by atoms with Crippen molar-refractivity contribution < 1.29 is 0 Å². The summed E-state index contributed by atoms with van der Waals surface area (Å²) < 4.78 is 0. The molecule has 0 radical (unpaired) electrons. The van der Waals surface area contributed by atoms with E-state index in [1.165, 1.54) is 0 Å². The zero-order valence-corrected chi connectivity index (χ0v) is 9.85. The number of fused-ring (bicyclic) bond motifs is 1. The highest BCUT2D eigenvalue weighted by molar-refractivity contribution is 5.91. The van der Waals surface area contributed by atoms with Gasteiger partial charge in [-0.05, 0) is 28.8 Å². The standard InChI is InChI=1S/C14H14N4/c15-8-9-1-3-10(4-2-9)11-5-6-12-13(7-11)17-18-14(12)16/h1-7H,8,15H2,(H3,16,17,18). The Kier molecular flexibility index (Phi) is 2.50. The number of aromatic amines is 1. The predicted molar refractivity (Wildman–Crippen MR) is 73.8 cm³/mol. The molecule has 1 aromatic heterocycles. The summed E-state index contributed by atoms with van der Waals surface area (Å²) >= 11 is 0. The van der Waals surface area contributed by atoms with Crippen molar-refractivity contribution in [2.75, 3.05) is 5.73 Å². The summed E-state index contributed by atoms with van der Waals surface area (Å²) in [6, 6.07) is 14.3. The fraction of sp³-hybridized carbons (Fsp3) is 0.0714. The van der Waals surface area contributed by atoms with E-state index in [0.717, 1.165) is 27.6 Å². The van der Waals surface area contributed by atoms with Crippen LogP contribution in [-0.2, 0) is 6.54 Å². The smallest absolute Gasteiger partial charge is 0.153 e. The molecular formula is C14H14N4. The third-order valence-corrected chi connectivity index (χ3v) is 3.12. The molecule has 0 saturated carbocycles. The van der Waals surface area contributed by atoms with Crippen molar-refractivity contribution in [3.63, 3.8) is 0 Å². The predicted octanol–water partition coefficient (Wildman–Crippen LogP) is 2.27. The second kappa shape index (κ2) is 4.16. The summed E-state index contributed by atoms with van der Waals surface area (Å²) in [6.45, 7) is 0.566. The van der Waals surface area contributed by atoms with E-state index in [1.807, 2.05) is 24.3 Å². The monoisotopic (exact) mass is 238 g/mol. The molecule has 0 amide bonds. The van der Waals surface area contributed by atoms with Crippen LogP contribution in [0.1, 0.15) is 5.56 Å². The van der Waals surface area contributed by atoms with Crippen molar-refractivity contribution in [1.82, 2.24) is 10.2 Å². The number of nitrogens with zero attached hydrogens (tertiary/aromatic N) is 1. The minimum atomic E-state index is 0.537. The lowest BCUT2D eigenvalue weighted by Crippen LogP contribution is -1.95. The average Bonchev–Trinajstić information content (AvgIpc) is 2.80. The largest absolute Gasteiger partial charge is 0.382 e. The Labute approximate surface area is 105 Å². The highest BCUT2D eigenvalue weighted by Crippen LogP contribution is 2.25. The summed E-state index contributed by atoms with van der Waals surface area (Å²) in [6.07, 6.45) is 0. The van der Waals surface area contributed by atoms with Gasteiger partial charge < -0.3 is 11.5 Å². The van der Waals surface area contributed by atoms with Gasteiger partial charge in [-0.3, -0.25) is 5.10 Å². The second-order valence-electron chi connectivity index (χ2n) is 4.27. The molecule has 0 bridgehead atoms. The Hall–Kier alpha value is -2.33. The van der Waals surface area contributed by atoms with Gasteiger partial charge in [0.15, 0.2) is 5.82 Å². The van der Waals surface area contributed by atoms with Crippen molar-refractivity contribution >= 4 is 16.7 Å². The van der Waals surface area contributed by atoms with Gasteiger partial charge in [0, 0.05) is 11.9 Å². The molecular weight excluding hydrogens is 224 g/mol. The number of hydrogen-bond acceptors (Lipinski definition) is 3. The molecule has 4 heteroatoms. The van der Waals surface area contributed by atoms with Crippen LogP contribution in [0.2, 0.25) is 0 Å². The number of anilines is 1. The van der Waals surface area contributed by atoms with Crippen LogP contribution < -0.4 is 11.5 Å². The molecule has 5 N–H and O–H groups in total. The van der Waals surface area contributed by atoms with Gasteiger partial charge >= 0.3 is 0 Å². The number of nitrogens with one attached hydrogen (secondary N) is 1. The third kappa shape index (κ3) is 1.72. The maximum atomic E-state index is 5.75. The maximum Gasteiger partial charge on any atom is 0.153 e. The topological polar surface area (TPSA) is 80.7 Å². The molecule has 0 aliphatic carbocycles. The molecule has 0 aliphatic rings. The lowest BCUT2D eigenvalue weighted by atomic mass is 10.0. The van der Waals surface area contributed by atoms with E-state index in [1.54, 1.807) is 0 Å². The third-order valence-electron chi connectivity index (χ3n) is 3.12. The molecule has 0 unspecified atom stereocenters. The molecule has 90 valence electrons. The molecule has 0 spiro atoms. The zero-order chi connectivity index (χ0) is 12.5. The molecule has 0 atom stereocenters. The summed E-state index contributed by atoms with van der Waals surface area (Å²) in [5.74, 6) is 0.537. The minimum absolute atomic E-state index is 0.537. The molecule has 2 aromatic carbocycles. The van der Waals surface area contributed by atoms with Crippen molar-refractivity contribution in [3.8, 4) is 11.1 Å². The van der Waals surface area contributed by atoms with Crippen molar-refractivity contribution in [2.24, 2.45) is 5.73 Å². The van der Waals surface area contributed by atoms with Gasteiger partial charge in [0.05, 0.1) is 5.52 Å². The molecule has 18 heavy (non-hydrogen) atoms. The lowest BCUT2D eigenvalue weighted by molar-refractivity contribution is 1.07. The normalized spacial score (nSPS) is 10.9. The van der Waals surface area contributed by atoms with E-state index >= 15 is 0 Å². The second-order valence-corrected chi connectivity index (χ2v) is 4.27. The van der Waals surface area contributed by atoms with Gasteiger partial charge in [0.2, 0.25) is 0 Å². The van der Waals surface area contributed by atoms with Crippen LogP contribution in [-0.4, -0.2) is 10.2 Å². The number of nitrogens with two attached hydrogens (primary N) is 2. The molecule has 3 rings (SSSR count). The SMILES string of the molecule is NCc1ccc(-c2ccc3c(N)n[nH]c3c2)cc1. The van der Waals surface area contributed by atoms with Crippen LogP contribution >= 0.6 is 0 Å². The Morgan fingerprint density at radius 1 is 1.00 bits per heavy atom. The minimum Gasteiger partial charge on any atom is -0.382 e. The Morgan fingerprint density at radius 3 is 2.44 bits per heavy atom. The molecule has 0 saturated heterocycles. The summed E-state index contributed by atoms with van der Waals surface area (Å²) in [4.78, 5) is 0. The van der Waals surface area contributed by atoms with Crippen LogP contribution in [0.5, 0.6) is 0 Å². The molecule has 0 aliphatic heterocycles. The van der Waals surface area contributed by atoms with E-state index < -0.39 is 0 Å². The first-order valence-corrected chi connectivity index (χ1v) is 5.81. The number of hydrogen-bond donors (Lipinski definition) is 3. The maximum absolute atomic E-state index is 5.75. The van der Waals surface area contributed by atoms with Crippen LogP contribution in [0.3, 0.4) is 0 Å². The highest BCUT2D eigenvalue weighted by Gasteiger charge is 2.04. The van der Waals surface area contributed by atoms with E-state index in [4.69, 9.17) is 11.5 Å². The van der Waals surface area contributed by atoms with Crippen LogP contribution in [0.15, 0.2) is 42.5 Å². The van der Waals surface area contributed by atoms with Gasteiger partial charge in [0.25, 0.3) is 0 Å². The quantitative estimate of drug-likeness (QED) is 0.640. The van der Waals surface area contributed by atoms with Crippen LogP contribution in [0.25, 0.3) is 22.0 Å². The number of nitrogen functional groups attached to an aromatic ring is 1. The Bertz CT molecular complexity index is 683. The fourth-order valence-corrected chi connectivity index (χ4v) is 2.05. The van der Waals surface area contributed by atoms with Gasteiger partial charge in [-0.1, -0.05) is 30.3 Å². The van der Waals surface area contributed by atoms with E-state index in [-0.39, 0.29) is 0 Å². The molecule has 0 fully saturated rings. The molecule has 3 aromatic rings. The van der Waals surface area contributed by atoms with Gasteiger partial charge in [0.1, 0.15) is 0 Å². The fourth-order valence-electron chi connectivity index (χ4n) is 2.05. The lowest BCUT2D eigenvalue weighted by Gasteiger charge is -2.03. The summed E-state index contributed by atoms with van der Waals surface area (Å²) in [5, 5.41) is 7.88. The van der Waals surface area contributed by atoms with Crippen LogP contribution in [0, 0.1) is 0 Å². The summed E-state index contributed by atoms with van der Waals surface area (Å²) in [5.41, 5.74) is 15.7. The number of benzene rings is 2. The number of rotatable bonds is 2.